The molecule has 1 fully saturated rings. The molecule has 5 nitrogen and oxygen atoms in total. The Hall–Kier alpha value is -1.88. The third-order valence-corrected chi connectivity index (χ3v) is 3.48. The molecule has 2 atom stereocenters. The molecule has 1 aliphatic rings. The first kappa shape index (κ1) is 13.5. The van der Waals surface area contributed by atoms with Gasteiger partial charge >= 0.3 is 5.97 Å². The number of hydrogen-bond acceptors (Lipinski definition) is 4. The van der Waals surface area contributed by atoms with Crippen molar-refractivity contribution in [2.45, 2.75) is 37.8 Å². The van der Waals surface area contributed by atoms with Crippen molar-refractivity contribution >= 4 is 12.2 Å². The van der Waals surface area contributed by atoms with Crippen LogP contribution in [0.1, 0.15) is 41.6 Å². The lowest BCUT2D eigenvalue weighted by Crippen LogP contribution is -2.36. The second-order valence-electron chi connectivity index (χ2n) is 4.84. The number of benzene rings is 1. The first-order chi connectivity index (χ1) is 9.09. The lowest BCUT2D eigenvalue weighted by atomic mass is 9.91. The van der Waals surface area contributed by atoms with Crippen molar-refractivity contribution in [3.05, 3.63) is 29.3 Å². The fourth-order valence-corrected chi connectivity index (χ4v) is 2.34. The van der Waals surface area contributed by atoms with Crippen LogP contribution in [-0.4, -0.2) is 34.5 Å². The highest BCUT2D eigenvalue weighted by Gasteiger charge is 2.20. The molecule has 0 aliphatic heterocycles. The molecule has 2 rings (SSSR count). The summed E-state index contributed by atoms with van der Waals surface area (Å²) in [6, 6.07) is 4.70. The minimum Gasteiger partial charge on any atom is -0.506 e. The molecule has 0 heterocycles. The number of aliphatic imine (C=N–C) groups is 1. The van der Waals surface area contributed by atoms with Crippen LogP contribution in [0, 0.1) is 0 Å². The van der Waals surface area contributed by atoms with Crippen molar-refractivity contribution in [2.24, 2.45) is 10.7 Å². The van der Waals surface area contributed by atoms with Gasteiger partial charge in [0.05, 0.1) is 6.04 Å². The summed E-state index contributed by atoms with van der Waals surface area (Å²) in [5.74, 6) is -1.40. The van der Waals surface area contributed by atoms with Crippen LogP contribution in [0.4, 0.5) is 0 Å². The number of phenols is 1. The van der Waals surface area contributed by atoms with Crippen molar-refractivity contribution < 1.29 is 15.0 Å². The summed E-state index contributed by atoms with van der Waals surface area (Å²) in [5.41, 5.74) is 6.29. The van der Waals surface area contributed by atoms with Crippen LogP contribution in [-0.2, 0) is 0 Å². The van der Waals surface area contributed by atoms with Gasteiger partial charge in [-0.1, -0.05) is 18.9 Å². The lowest BCUT2D eigenvalue weighted by molar-refractivity contribution is 0.0693. The Kier molecular flexibility index (Phi) is 4.16. The molecule has 1 aliphatic carbocycles. The summed E-state index contributed by atoms with van der Waals surface area (Å²) in [4.78, 5) is 15.3. The molecular weight excluding hydrogens is 244 g/mol. The second-order valence-corrected chi connectivity index (χ2v) is 4.84. The van der Waals surface area contributed by atoms with Gasteiger partial charge in [-0.15, -0.1) is 0 Å². The molecule has 19 heavy (non-hydrogen) atoms. The highest BCUT2D eigenvalue weighted by molar-refractivity contribution is 5.95. The monoisotopic (exact) mass is 262 g/mol. The number of aromatic carboxylic acids is 1. The van der Waals surface area contributed by atoms with Gasteiger partial charge in [-0.3, -0.25) is 4.99 Å². The summed E-state index contributed by atoms with van der Waals surface area (Å²) in [6.45, 7) is 0. The quantitative estimate of drug-likeness (QED) is 0.723. The maximum atomic E-state index is 10.9. The van der Waals surface area contributed by atoms with Crippen LogP contribution in [0.25, 0.3) is 0 Å². The summed E-state index contributed by atoms with van der Waals surface area (Å²) < 4.78 is 0. The van der Waals surface area contributed by atoms with Crippen LogP contribution < -0.4 is 5.73 Å². The number of carboxylic acids is 1. The predicted molar refractivity (Wildman–Crippen MR) is 72.9 cm³/mol. The van der Waals surface area contributed by atoms with Gasteiger partial charge in [-0.25, -0.2) is 4.79 Å². The van der Waals surface area contributed by atoms with E-state index in [1.165, 1.54) is 12.3 Å². The molecule has 0 unspecified atom stereocenters. The zero-order valence-electron chi connectivity index (χ0n) is 10.6. The Morgan fingerprint density at radius 3 is 2.79 bits per heavy atom. The molecule has 0 amide bonds. The Labute approximate surface area is 111 Å². The molecule has 1 saturated carbocycles. The number of carboxylic acid groups (broad SMARTS) is 1. The van der Waals surface area contributed by atoms with Gasteiger partial charge in [0.2, 0.25) is 0 Å². The zero-order chi connectivity index (χ0) is 13.8. The highest BCUT2D eigenvalue weighted by atomic mass is 16.4. The van der Waals surface area contributed by atoms with Crippen LogP contribution in [0.2, 0.25) is 0 Å². The van der Waals surface area contributed by atoms with E-state index in [0.29, 0.717) is 5.56 Å². The van der Waals surface area contributed by atoms with E-state index in [2.05, 4.69) is 4.99 Å². The van der Waals surface area contributed by atoms with Gasteiger partial charge in [0.15, 0.2) is 0 Å². The molecule has 0 saturated heterocycles. The second kappa shape index (κ2) is 5.84. The minimum atomic E-state index is -1.15. The molecule has 4 N–H and O–H groups in total. The van der Waals surface area contributed by atoms with E-state index in [-0.39, 0.29) is 23.4 Å². The van der Waals surface area contributed by atoms with E-state index in [1.54, 1.807) is 12.1 Å². The van der Waals surface area contributed by atoms with Crippen LogP contribution >= 0.6 is 0 Å². The summed E-state index contributed by atoms with van der Waals surface area (Å²) in [7, 11) is 0. The fraction of sp³-hybridized carbons (Fsp3) is 0.429. The smallest absolute Gasteiger partial charge is 0.339 e. The number of carbonyl (C=O) groups is 1. The predicted octanol–water partition coefficient (Wildman–Crippen LogP) is 1.78. The van der Waals surface area contributed by atoms with Gasteiger partial charge in [0, 0.05) is 17.8 Å². The van der Waals surface area contributed by atoms with Crippen LogP contribution in [0.3, 0.4) is 0 Å². The first-order valence-corrected chi connectivity index (χ1v) is 6.43. The molecule has 102 valence electrons. The summed E-state index contributed by atoms with van der Waals surface area (Å²) in [5, 5.41) is 18.8. The molecule has 0 spiro atoms. The number of rotatable bonds is 3. The molecule has 0 bridgehead atoms. The minimum absolute atomic E-state index is 0.0507. The SMILES string of the molecule is N[C@@H]1CCCC[C@H]1N=Cc1cccc(C(=O)O)c1O. The summed E-state index contributed by atoms with van der Waals surface area (Å²) >= 11 is 0. The van der Waals surface area contributed by atoms with E-state index < -0.39 is 5.97 Å². The number of nitrogens with two attached hydrogens (primary N) is 1. The van der Waals surface area contributed by atoms with Crippen molar-refractivity contribution in [1.29, 1.82) is 0 Å². The zero-order valence-corrected chi connectivity index (χ0v) is 10.6. The molecule has 0 radical (unpaired) electrons. The summed E-state index contributed by atoms with van der Waals surface area (Å²) in [6.07, 6.45) is 5.67. The van der Waals surface area contributed by atoms with Crippen molar-refractivity contribution in [2.75, 3.05) is 0 Å². The Morgan fingerprint density at radius 2 is 2.11 bits per heavy atom. The molecule has 1 aromatic carbocycles. The maximum Gasteiger partial charge on any atom is 0.339 e. The van der Waals surface area contributed by atoms with E-state index in [9.17, 15) is 9.90 Å². The van der Waals surface area contributed by atoms with Crippen molar-refractivity contribution in [3.63, 3.8) is 0 Å². The molecule has 1 aromatic rings. The van der Waals surface area contributed by atoms with Gasteiger partial charge in [-0.2, -0.15) is 0 Å². The van der Waals surface area contributed by atoms with Crippen molar-refractivity contribution in [3.8, 4) is 5.75 Å². The highest BCUT2D eigenvalue weighted by Crippen LogP contribution is 2.23. The van der Waals surface area contributed by atoms with Gasteiger partial charge in [-0.05, 0) is 25.0 Å². The maximum absolute atomic E-state index is 10.9. The van der Waals surface area contributed by atoms with E-state index in [1.807, 2.05) is 0 Å². The average molecular weight is 262 g/mol. The fourth-order valence-electron chi connectivity index (χ4n) is 2.34. The van der Waals surface area contributed by atoms with E-state index >= 15 is 0 Å². The Morgan fingerprint density at radius 1 is 1.37 bits per heavy atom. The van der Waals surface area contributed by atoms with Crippen LogP contribution in [0.15, 0.2) is 23.2 Å². The molecule has 5 heteroatoms. The Bertz CT molecular complexity index is 499. The Balaban J connectivity index is 2.18. The molecular formula is C14H18N2O3. The number of hydrogen-bond donors (Lipinski definition) is 3. The van der Waals surface area contributed by atoms with Gasteiger partial charge in [0.1, 0.15) is 11.3 Å². The topological polar surface area (TPSA) is 95.9 Å². The van der Waals surface area contributed by atoms with E-state index in [0.717, 1.165) is 25.7 Å². The van der Waals surface area contributed by atoms with Gasteiger partial charge < -0.3 is 15.9 Å². The standard InChI is InChI=1S/C14H18N2O3/c15-11-6-1-2-7-12(11)16-8-9-4-3-5-10(13(9)17)14(18)19/h3-5,8,11-12,17H,1-2,6-7,15H2,(H,18,19)/t11-,12-/m1/s1. The van der Waals surface area contributed by atoms with E-state index in [4.69, 9.17) is 10.8 Å². The van der Waals surface area contributed by atoms with Crippen LogP contribution in [0.5, 0.6) is 5.75 Å². The largest absolute Gasteiger partial charge is 0.506 e. The average Bonchev–Trinajstić information content (AvgIpc) is 2.39. The number of aromatic hydroxyl groups is 1. The molecule has 0 aromatic heterocycles. The third kappa shape index (κ3) is 3.12. The van der Waals surface area contributed by atoms with Crippen molar-refractivity contribution in [1.82, 2.24) is 0 Å². The normalized spacial score (nSPS) is 23.6. The third-order valence-electron chi connectivity index (χ3n) is 3.48. The number of para-hydroxylation sites is 1. The lowest BCUT2D eigenvalue weighted by Gasteiger charge is -2.25. The number of nitrogens with zero attached hydrogens (tertiary/aromatic N) is 1. The first-order valence-electron chi connectivity index (χ1n) is 6.43. The van der Waals surface area contributed by atoms with Gasteiger partial charge in [0.25, 0.3) is 0 Å².